The van der Waals surface area contributed by atoms with Gasteiger partial charge >= 0.3 is 5.97 Å². The van der Waals surface area contributed by atoms with Crippen molar-refractivity contribution in [2.45, 2.75) is 32.4 Å². The van der Waals surface area contributed by atoms with Crippen LogP contribution in [0, 0.1) is 0 Å². The molecule has 0 saturated carbocycles. The maximum atomic E-state index is 12.9. The molecule has 4 aromatic rings. The number of rotatable bonds is 13. The summed E-state index contributed by atoms with van der Waals surface area (Å²) in [6, 6.07) is 23.7. The Balaban J connectivity index is 1.63. The maximum absolute atomic E-state index is 12.9. The second-order valence-electron chi connectivity index (χ2n) is 8.86. The van der Waals surface area contributed by atoms with Gasteiger partial charge in [-0.3, -0.25) is 0 Å². The van der Waals surface area contributed by atoms with Crippen LogP contribution in [0.25, 0.3) is 11.0 Å². The number of aliphatic carboxylic acids is 1. The van der Waals surface area contributed by atoms with Crippen LogP contribution >= 0.6 is 0 Å². The SMILES string of the molecule is CCC(Oc1cccc(CN(CCCOc2ccccc2)c2nc3ccccc3n2S(C)(=O)=O)c1)C(=O)O. The van der Waals surface area contributed by atoms with Crippen molar-refractivity contribution in [1.82, 2.24) is 8.96 Å². The molecule has 0 fully saturated rings. The lowest BCUT2D eigenvalue weighted by Gasteiger charge is -2.25. The molecule has 1 unspecified atom stereocenters. The van der Waals surface area contributed by atoms with Crippen molar-refractivity contribution in [2.75, 3.05) is 24.3 Å². The highest BCUT2D eigenvalue weighted by molar-refractivity contribution is 7.89. The summed E-state index contributed by atoms with van der Waals surface area (Å²) in [6.07, 6.45) is 1.14. The van der Waals surface area contributed by atoms with Crippen molar-refractivity contribution in [3.05, 3.63) is 84.4 Å². The number of carbonyl (C=O) groups is 1. The molecule has 0 radical (unpaired) electrons. The van der Waals surface area contributed by atoms with Crippen molar-refractivity contribution in [2.24, 2.45) is 0 Å². The molecule has 1 heterocycles. The first-order chi connectivity index (χ1) is 18.3. The number of ether oxygens (including phenoxy) is 2. The average molecular weight is 538 g/mol. The summed E-state index contributed by atoms with van der Waals surface area (Å²) in [5.74, 6) is 0.466. The van der Waals surface area contributed by atoms with Gasteiger partial charge in [0.25, 0.3) is 0 Å². The van der Waals surface area contributed by atoms with Crippen LogP contribution in [-0.4, -0.2) is 54.0 Å². The summed E-state index contributed by atoms with van der Waals surface area (Å²) in [5, 5.41) is 9.36. The third kappa shape index (κ3) is 6.63. The number of benzene rings is 3. The summed E-state index contributed by atoms with van der Waals surface area (Å²) in [4.78, 5) is 18.0. The van der Waals surface area contributed by atoms with Gasteiger partial charge in [0.2, 0.25) is 16.0 Å². The zero-order chi connectivity index (χ0) is 27.1. The summed E-state index contributed by atoms with van der Waals surface area (Å²) in [5.41, 5.74) is 1.89. The molecular formula is C28H31N3O6S. The number of hydrogen-bond donors (Lipinski definition) is 1. The number of fused-ring (bicyclic) bond motifs is 1. The average Bonchev–Trinajstić information content (AvgIpc) is 3.30. The van der Waals surface area contributed by atoms with Gasteiger partial charge < -0.3 is 19.5 Å². The van der Waals surface area contributed by atoms with Crippen LogP contribution in [0.5, 0.6) is 11.5 Å². The third-order valence-electron chi connectivity index (χ3n) is 5.90. The molecule has 10 heteroatoms. The second kappa shape index (κ2) is 12.0. The number of imidazole rings is 1. The predicted octanol–water partition coefficient (Wildman–Crippen LogP) is 4.56. The molecular weight excluding hydrogens is 506 g/mol. The summed E-state index contributed by atoms with van der Waals surface area (Å²) < 4.78 is 38.5. The van der Waals surface area contributed by atoms with Crippen molar-refractivity contribution in [3.63, 3.8) is 0 Å². The Morgan fingerprint density at radius 2 is 1.74 bits per heavy atom. The zero-order valence-electron chi connectivity index (χ0n) is 21.4. The Morgan fingerprint density at radius 3 is 2.45 bits per heavy atom. The van der Waals surface area contributed by atoms with E-state index in [9.17, 15) is 18.3 Å². The highest BCUT2D eigenvalue weighted by atomic mass is 32.2. The first-order valence-electron chi connectivity index (χ1n) is 12.4. The highest BCUT2D eigenvalue weighted by Gasteiger charge is 2.23. The van der Waals surface area contributed by atoms with Crippen LogP contribution in [0.2, 0.25) is 0 Å². The molecule has 38 heavy (non-hydrogen) atoms. The number of carboxylic acid groups (broad SMARTS) is 1. The molecule has 0 aliphatic carbocycles. The lowest BCUT2D eigenvalue weighted by molar-refractivity contribution is -0.145. The first-order valence-corrected chi connectivity index (χ1v) is 14.2. The van der Waals surface area contributed by atoms with E-state index in [1.54, 1.807) is 43.3 Å². The first kappa shape index (κ1) is 27.0. The molecule has 0 bridgehead atoms. The van der Waals surface area contributed by atoms with E-state index in [-0.39, 0.29) is 0 Å². The second-order valence-corrected chi connectivity index (χ2v) is 10.7. The molecule has 0 spiro atoms. The monoisotopic (exact) mass is 537 g/mol. The number of para-hydroxylation sites is 3. The lowest BCUT2D eigenvalue weighted by atomic mass is 10.2. The van der Waals surface area contributed by atoms with E-state index in [4.69, 9.17) is 9.47 Å². The van der Waals surface area contributed by atoms with E-state index in [0.717, 1.165) is 17.6 Å². The Hall–Kier alpha value is -4.05. The van der Waals surface area contributed by atoms with Gasteiger partial charge in [-0.1, -0.05) is 49.4 Å². The normalized spacial score (nSPS) is 12.3. The lowest BCUT2D eigenvalue weighted by Crippen LogP contribution is -2.30. The predicted molar refractivity (Wildman–Crippen MR) is 146 cm³/mol. The van der Waals surface area contributed by atoms with Gasteiger partial charge in [0.05, 0.1) is 23.9 Å². The minimum Gasteiger partial charge on any atom is -0.494 e. The van der Waals surface area contributed by atoms with Crippen molar-refractivity contribution >= 4 is 33.0 Å². The van der Waals surface area contributed by atoms with Crippen LogP contribution in [0.1, 0.15) is 25.3 Å². The molecule has 4 rings (SSSR count). The van der Waals surface area contributed by atoms with Gasteiger partial charge in [-0.15, -0.1) is 0 Å². The van der Waals surface area contributed by atoms with Gasteiger partial charge in [0.15, 0.2) is 6.10 Å². The van der Waals surface area contributed by atoms with Gasteiger partial charge in [-0.25, -0.2) is 22.2 Å². The Morgan fingerprint density at radius 1 is 1.03 bits per heavy atom. The minimum absolute atomic E-state index is 0.303. The van der Waals surface area contributed by atoms with Gasteiger partial charge in [0, 0.05) is 13.1 Å². The largest absolute Gasteiger partial charge is 0.494 e. The molecule has 0 aliphatic heterocycles. The Bertz CT molecular complexity index is 1490. The summed E-state index contributed by atoms with van der Waals surface area (Å²) in [6.45, 7) is 2.96. The fourth-order valence-corrected chi connectivity index (χ4v) is 5.10. The quantitative estimate of drug-likeness (QED) is 0.247. The molecule has 0 saturated heterocycles. The van der Waals surface area contributed by atoms with Crippen LogP contribution in [0.3, 0.4) is 0 Å². The molecule has 1 aromatic heterocycles. The van der Waals surface area contributed by atoms with Crippen molar-refractivity contribution < 1.29 is 27.8 Å². The van der Waals surface area contributed by atoms with Crippen LogP contribution in [0.4, 0.5) is 5.95 Å². The van der Waals surface area contributed by atoms with E-state index in [1.165, 1.54) is 3.97 Å². The number of anilines is 1. The van der Waals surface area contributed by atoms with E-state index in [0.29, 0.717) is 55.3 Å². The number of aromatic nitrogens is 2. The van der Waals surface area contributed by atoms with Crippen molar-refractivity contribution in [3.8, 4) is 11.5 Å². The Kier molecular flexibility index (Phi) is 8.52. The molecule has 200 valence electrons. The third-order valence-corrected chi connectivity index (χ3v) is 6.92. The molecule has 0 aliphatic rings. The standard InChI is InChI=1S/C28H31N3O6S/c1-3-26(27(32)33)37-23-14-9-11-21(19-23)20-30(17-10-18-36-22-12-5-4-6-13-22)28-29-24-15-7-8-16-25(24)31(28)38(2,34)35/h4-9,11-16,19,26H,3,10,17-18,20H2,1-2H3,(H,32,33). The van der Waals surface area contributed by atoms with Crippen molar-refractivity contribution in [1.29, 1.82) is 0 Å². The van der Waals surface area contributed by atoms with Gasteiger partial charge in [-0.2, -0.15) is 0 Å². The molecule has 1 atom stereocenters. The van der Waals surface area contributed by atoms with E-state index in [2.05, 4.69) is 4.98 Å². The topological polar surface area (TPSA) is 111 Å². The maximum Gasteiger partial charge on any atom is 0.344 e. The molecule has 1 N–H and O–H groups in total. The fourth-order valence-electron chi connectivity index (χ4n) is 4.14. The van der Waals surface area contributed by atoms with E-state index < -0.39 is 22.1 Å². The minimum atomic E-state index is -3.67. The van der Waals surface area contributed by atoms with E-state index >= 15 is 0 Å². The fraction of sp³-hybridized carbons (Fsp3) is 0.286. The molecule has 3 aromatic carbocycles. The summed E-state index contributed by atoms with van der Waals surface area (Å²) in [7, 11) is -3.67. The van der Waals surface area contributed by atoms with Gasteiger partial charge in [0.1, 0.15) is 11.5 Å². The van der Waals surface area contributed by atoms with Crippen LogP contribution < -0.4 is 14.4 Å². The van der Waals surface area contributed by atoms with Gasteiger partial charge in [-0.05, 0) is 54.8 Å². The Labute approximate surface area is 222 Å². The number of carboxylic acids is 1. The highest BCUT2D eigenvalue weighted by Crippen LogP contribution is 2.27. The number of hydrogen-bond acceptors (Lipinski definition) is 7. The zero-order valence-corrected chi connectivity index (χ0v) is 22.2. The molecule has 9 nitrogen and oxygen atoms in total. The van der Waals surface area contributed by atoms with E-state index in [1.807, 2.05) is 47.4 Å². The summed E-state index contributed by atoms with van der Waals surface area (Å²) >= 11 is 0. The molecule has 0 amide bonds. The van der Waals surface area contributed by atoms with Crippen LogP contribution in [-0.2, 0) is 21.4 Å². The van der Waals surface area contributed by atoms with Crippen LogP contribution in [0.15, 0.2) is 78.9 Å². The smallest absolute Gasteiger partial charge is 0.344 e. The number of nitrogens with zero attached hydrogens (tertiary/aromatic N) is 3.